The number of benzene rings is 2. The minimum Gasteiger partial charge on any atom is -0.505 e. The van der Waals surface area contributed by atoms with Crippen molar-refractivity contribution in [1.82, 2.24) is 15.0 Å². The van der Waals surface area contributed by atoms with Gasteiger partial charge < -0.3 is 5.11 Å². The predicted molar refractivity (Wildman–Crippen MR) is 73.5 cm³/mol. The van der Waals surface area contributed by atoms with Gasteiger partial charge in [-0.15, -0.1) is 0 Å². The zero-order valence-electron chi connectivity index (χ0n) is 10.5. The fraction of sp³-hybridized carbons (Fsp3) is 0. The molecule has 1 heterocycles. The highest BCUT2D eigenvalue weighted by Gasteiger charge is 2.14. The predicted octanol–water partition coefficient (Wildman–Crippen LogP) is 1.39. The van der Waals surface area contributed by atoms with E-state index in [0.717, 1.165) is 6.07 Å². The highest BCUT2D eigenvalue weighted by atomic mass is 16.6. The van der Waals surface area contributed by atoms with Crippen LogP contribution >= 0.6 is 0 Å². The second-order valence-corrected chi connectivity index (χ2v) is 4.25. The molecule has 0 radical (unpaired) electrons. The number of para-hydroxylation sites is 1. The molecule has 1 aromatic heterocycles. The molecule has 0 saturated heterocycles. The Balaban J connectivity index is 2.29. The average Bonchev–Trinajstić information content (AvgIpc) is 2.48. The van der Waals surface area contributed by atoms with Crippen LogP contribution in [-0.4, -0.2) is 25.0 Å². The van der Waals surface area contributed by atoms with Gasteiger partial charge in [-0.1, -0.05) is 22.4 Å². The lowest BCUT2D eigenvalue weighted by Crippen LogP contribution is -2.16. The third kappa shape index (κ3) is 2.08. The molecule has 3 rings (SSSR count). The molecular formula is C13H8N4O4. The second-order valence-electron chi connectivity index (χ2n) is 4.25. The molecule has 0 aliphatic rings. The normalized spacial score (nSPS) is 10.7. The minimum atomic E-state index is -0.612. The van der Waals surface area contributed by atoms with Crippen LogP contribution in [0.25, 0.3) is 16.6 Å². The Morgan fingerprint density at radius 1 is 1.19 bits per heavy atom. The molecule has 0 spiro atoms. The summed E-state index contributed by atoms with van der Waals surface area (Å²) < 4.78 is 1.26. The van der Waals surface area contributed by atoms with Gasteiger partial charge in [-0.25, -0.2) is 4.68 Å². The number of fused-ring (bicyclic) bond motifs is 1. The number of hydrogen-bond donors (Lipinski definition) is 1. The lowest BCUT2D eigenvalue weighted by atomic mass is 10.2. The summed E-state index contributed by atoms with van der Waals surface area (Å²) in [5, 5.41) is 28.2. The zero-order chi connectivity index (χ0) is 15.0. The van der Waals surface area contributed by atoms with Crippen molar-refractivity contribution in [2.75, 3.05) is 0 Å². The number of nitrogens with zero attached hydrogens (tertiary/aromatic N) is 4. The van der Waals surface area contributed by atoms with Crippen molar-refractivity contribution in [1.29, 1.82) is 0 Å². The number of rotatable bonds is 2. The van der Waals surface area contributed by atoms with Crippen molar-refractivity contribution in [3.63, 3.8) is 0 Å². The smallest absolute Gasteiger partial charge is 0.299 e. The van der Waals surface area contributed by atoms with E-state index >= 15 is 0 Å². The number of phenolic OH excluding ortho intramolecular Hbond substituents is 1. The van der Waals surface area contributed by atoms with E-state index in [0.29, 0.717) is 10.9 Å². The van der Waals surface area contributed by atoms with E-state index in [-0.39, 0.29) is 17.1 Å². The first-order valence-electron chi connectivity index (χ1n) is 5.90. The Kier molecular flexibility index (Phi) is 2.83. The molecule has 8 heteroatoms. The molecule has 0 amide bonds. The van der Waals surface area contributed by atoms with E-state index in [4.69, 9.17) is 0 Å². The first-order valence-corrected chi connectivity index (χ1v) is 5.90. The summed E-state index contributed by atoms with van der Waals surface area (Å²) in [5.41, 5.74) is -0.0798. The third-order valence-electron chi connectivity index (χ3n) is 2.99. The van der Waals surface area contributed by atoms with Crippen molar-refractivity contribution in [3.05, 3.63) is 62.9 Å². The molecule has 0 unspecified atom stereocenters. The molecule has 21 heavy (non-hydrogen) atoms. The molecule has 1 N–H and O–H groups in total. The van der Waals surface area contributed by atoms with Gasteiger partial charge in [0, 0.05) is 6.07 Å². The first-order chi connectivity index (χ1) is 10.1. The van der Waals surface area contributed by atoms with Gasteiger partial charge in [0.2, 0.25) is 0 Å². The van der Waals surface area contributed by atoms with Crippen LogP contribution in [0.15, 0.2) is 47.3 Å². The van der Waals surface area contributed by atoms with E-state index < -0.39 is 10.5 Å². The summed E-state index contributed by atoms with van der Waals surface area (Å²) in [6.45, 7) is 0. The summed E-state index contributed by atoms with van der Waals surface area (Å²) in [6, 6.07) is 10.2. The molecule has 2 aromatic carbocycles. The van der Waals surface area contributed by atoms with Crippen molar-refractivity contribution >= 4 is 16.6 Å². The van der Waals surface area contributed by atoms with Crippen LogP contribution in [-0.2, 0) is 0 Å². The summed E-state index contributed by atoms with van der Waals surface area (Å²) in [6.07, 6.45) is 0. The minimum absolute atomic E-state index is 0.198. The Morgan fingerprint density at radius 2 is 1.95 bits per heavy atom. The molecule has 0 atom stereocenters. The van der Waals surface area contributed by atoms with Gasteiger partial charge in [0.1, 0.15) is 11.4 Å². The van der Waals surface area contributed by atoms with Crippen LogP contribution in [0.5, 0.6) is 5.75 Å². The number of nitro groups is 1. The van der Waals surface area contributed by atoms with Crippen molar-refractivity contribution < 1.29 is 10.0 Å². The van der Waals surface area contributed by atoms with Gasteiger partial charge >= 0.3 is 0 Å². The van der Waals surface area contributed by atoms with Gasteiger partial charge in [-0.05, 0) is 18.2 Å². The number of hydrogen-bond acceptors (Lipinski definition) is 6. The van der Waals surface area contributed by atoms with Crippen LogP contribution < -0.4 is 5.56 Å². The number of phenols is 1. The van der Waals surface area contributed by atoms with Crippen molar-refractivity contribution in [3.8, 4) is 11.4 Å². The van der Waals surface area contributed by atoms with E-state index in [1.54, 1.807) is 24.3 Å². The number of non-ortho nitro benzene ring substituents is 1. The molecule has 8 nitrogen and oxygen atoms in total. The molecule has 0 saturated carbocycles. The topological polar surface area (TPSA) is 111 Å². The largest absolute Gasteiger partial charge is 0.505 e. The molecule has 0 aliphatic carbocycles. The molecular weight excluding hydrogens is 276 g/mol. The monoisotopic (exact) mass is 284 g/mol. The Hall–Kier alpha value is -3.29. The van der Waals surface area contributed by atoms with Crippen molar-refractivity contribution in [2.45, 2.75) is 0 Å². The van der Waals surface area contributed by atoms with Gasteiger partial charge in [-0.2, -0.15) is 0 Å². The number of nitro benzene ring substituents is 1. The Morgan fingerprint density at radius 3 is 2.67 bits per heavy atom. The Labute approximate surface area is 117 Å². The summed E-state index contributed by atoms with van der Waals surface area (Å²) >= 11 is 0. The standard InChI is InChI=1S/C13H8N4O4/c18-12-7-8(17(20)21)5-6-11(12)16-10-4-2-1-3-9(10)13(19)14-15-16/h1-7,18H. The van der Waals surface area contributed by atoms with Crippen LogP contribution in [0, 0.1) is 10.1 Å². The lowest BCUT2D eigenvalue weighted by molar-refractivity contribution is -0.384. The van der Waals surface area contributed by atoms with E-state index in [1.165, 1.54) is 16.8 Å². The van der Waals surface area contributed by atoms with Crippen LogP contribution in [0.4, 0.5) is 5.69 Å². The molecule has 0 bridgehead atoms. The van der Waals surface area contributed by atoms with E-state index in [9.17, 15) is 20.0 Å². The molecule has 0 fully saturated rings. The van der Waals surface area contributed by atoms with Crippen LogP contribution in [0.2, 0.25) is 0 Å². The lowest BCUT2D eigenvalue weighted by Gasteiger charge is -2.09. The Bertz CT molecular complexity index is 919. The molecule has 104 valence electrons. The number of aromatic nitrogens is 3. The van der Waals surface area contributed by atoms with Gasteiger partial charge in [0.15, 0.2) is 0 Å². The highest BCUT2D eigenvalue weighted by molar-refractivity contribution is 5.79. The van der Waals surface area contributed by atoms with Crippen LogP contribution in [0.1, 0.15) is 0 Å². The van der Waals surface area contributed by atoms with Crippen LogP contribution in [0.3, 0.4) is 0 Å². The first kappa shape index (κ1) is 12.7. The van der Waals surface area contributed by atoms with E-state index in [1.807, 2.05) is 0 Å². The highest BCUT2D eigenvalue weighted by Crippen LogP contribution is 2.27. The summed E-state index contributed by atoms with van der Waals surface area (Å²) in [5.74, 6) is -0.327. The van der Waals surface area contributed by atoms with Gasteiger partial charge in [-0.3, -0.25) is 14.9 Å². The summed E-state index contributed by atoms with van der Waals surface area (Å²) in [4.78, 5) is 21.7. The SMILES string of the molecule is O=c1nnn(-c2ccc([N+](=O)[O-])cc2O)c2ccccc12. The maximum absolute atomic E-state index is 11.7. The fourth-order valence-corrected chi connectivity index (χ4v) is 2.01. The zero-order valence-corrected chi connectivity index (χ0v) is 10.5. The quantitative estimate of drug-likeness (QED) is 0.562. The molecule has 0 aliphatic heterocycles. The average molecular weight is 284 g/mol. The van der Waals surface area contributed by atoms with Crippen molar-refractivity contribution in [2.24, 2.45) is 0 Å². The fourth-order valence-electron chi connectivity index (χ4n) is 2.01. The third-order valence-corrected chi connectivity index (χ3v) is 2.99. The second kappa shape index (κ2) is 4.67. The molecule has 3 aromatic rings. The van der Waals surface area contributed by atoms with Gasteiger partial charge in [0.05, 0.1) is 21.9 Å². The van der Waals surface area contributed by atoms with Gasteiger partial charge in [0.25, 0.3) is 11.2 Å². The maximum atomic E-state index is 11.7. The van der Waals surface area contributed by atoms with E-state index in [2.05, 4.69) is 10.3 Å². The summed E-state index contributed by atoms with van der Waals surface area (Å²) in [7, 11) is 0. The maximum Gasteiger partial charge on any atom is 0.299 e. The number of aromatic hydroxyl groups is 1.